The first kappa shape index (κ1) is 20.5. The first-order valence-electron chi connectivity index (χ1n) is 8.66. The normalized spacial score (nSPS) is 12.1. The maximum atomic E-state index is 12.9. The van der Waals surface area contributed by atoms with Gasteiger partial charge in [-0.15, -0.1) is 0 Å². The van der Waals surface area contributed by atoms with Crippen molar-refractivity contribution in [3.63, 3.8) is 0 Å². The Morgan fingerprint density at radius 3 is 2.11 bits per heavy atom. The molecule has 0 unspecified atom stereocenters. The van der Waals surface area contributed by atoms with Crippen LogP contribution in [0.15, 0.2) is 78.9 Å². The number of rotatable bonds is 5. The van der Waals surface area contributed by atoms with Gasteiger partial charge in [-0.05, 0) is 94.3 Å². The number of alkyl halides is 3. The summed E-state index contributed by atoms with van der Waals surface area (Å²) in [7, 11) is 0. The summed E-state index contributed by atoms with van der Waals surface area (Å²) in [5.74, 6) is 0.755. The van der Waals surface area contributed by atoms with Crippen molar-refractivity contribution in [2.75, 3.05) is 6.61 Å². The molecule has 0 bridgehead atoms. The van der Waals surface area contributed by atoms with E-state index in [1.54, 1.807) is 0 Å². The second-order valence-electron chi connectivity index (χ2n) is 6.33. The van der Waals surface area contributed by atoms with Crippen LogP contribution in [0.4, 0.5) is 13.2 Å². The Hall–Kier alpha value is -2.28. The van der Waals surface area contributed by atoms with E-state index in [-0.39, 0.29) is 0 Å². The highest BCUT2D eigenvalue weighted by atomic mass is 127. The first-order valence-corrected chi connectivity index (χ1v) is 9.74. The van der Waals surface area contributed by atoms with Gasteiger partial charge in [-0.1, -0.05) is 36.4 Å². The maximum Gasteiger partial charge on any atom is 0.416 e. The van der Waals surface area contributed by atoms with Crippen LogP contribution in [-0.4, -0.2) is 6.61 Å². The van der Waals surface area contributed by atoms with Gasteiger partial charge in [0.15, 0.2) is 0 Å². The Kier molecular flexibility index (Phi) is 6.44. The molecule has 0 aliphatic heterocycles. The van der Waals surface area contributed by atoms with Crippen LogP contribution in [-0.2, 0) is 6.18 Å². The van der Waals surface area contributed by atoms with E-state index in [1.165, 1.54) is 12.1 Å². The van der Waals surface area contributed by atoms with E-state index in [4.69, 9.17) is 4.74 Å². The molecular formula is C23H18F3IO. The molecule has 1 nitrogen and oxygen atoms in total. The van der Waals surface area contributed by atoms with Crippen molar-refractivity contribution >= 4 is 28.2 Å². The van der Waals surface area contributed by atoms with E-state index < -0.39 is 11.7 Å². The fourth-order valence-corrected chi connectivity index (χ4v) is 3.16. The van der Waals surface area contributed by atoms with Crippen molar-refractivity contribution in [2.24, 2.45) is 0 Å². The van der Waals surface area contributed by atoms with Gasteiger partial charge in [-0.25, -0.2) is 0 Å². The van der Waals surface area contributed by atoms with E-state index >= 15 is 0 Å². The van der Waals surface area contributed by atoms with Crippen LogP contribution in [0.3, 0.4) is 0 Å². The third-order valence-electron chi connectivity index (χ3n) is 4.21. The minimum atomic E-state index is -4.35. The fraction of sp³-hybridized carbons (Fsp3) is 0.130. The average Bonchev–Trinajstić information content (AvgIpc) is 2.66. The number of hydrogen-bond donors (Lipinski definition) is 0. The Morgan fingerprint density at radius 1 is 0.929 bits per heavy atom. The quantitative estimate of drug-likeness (QED) is 0.343. The molecule has 3 aromatic rings. The Morgan fingerprint density at radius 2 is 1.54 bits per heavy atom. The largest absolute Gasteiger partial charge is 0.490 e. The second-order valence-corrected chi connectivity index (χ2v) is 7.57. The smallest absolute Gasteiger partial charge is 0.416 e. The predicted molar refractivity (Wildman–Crippen MR) is 114 cm³/mol. The van der Waals surface area contributed by atoms with Crippen LogP contribution in [0.1, 0.15) is 22.3 Å². The molecule has 0 spiro atoms. The Bertz CT molecular complexity index is 958. The average molecular weight is 494 g/mol. The third kappa shape index (κ3) is 5.38. The van der Waals surface area contributed by atoms with E-state index in [0.29, 0.717) is 12.2 Å². The van der Waals surface area contributed by atoms with Crippen LogP contribution in [0.25, 0.3) is 5.57 Å². The van der Waals surface area contributed by atoms with Gasteiger partial charge in [-0.3, -0.25) is 0 Å². The molecule has 144 valence electrons. The molecule has 28 heavy (non-hydrogen) atoms. The van der Waals surface area contributed by atoms with Crippen molar-refractivity contribution in [3.05, 3.63) is 105 Å². The number of halogens is 4. The number of aryl methyl sites for hydroxylation is 1. The zero-order chi connectivity index (χ0) is 20.1. The molecule has 0 aliphatic rings. The Labute approximate surface area is 176 Å². The standard InChI is InChI=1S/C23H18F3IO/c1-16-3-2-4-21(15-16)28-14-13-22(18-7-11-20(27)12-8-18)17-5-9-19(10-6-17)23(24,25)26/h2-13,15H,14H2,1H3. The van der Waals surface area contributed by atoms with Crippen LogP contribution in [0, 0.1) is 10.5 Å². The zero-order valence-electron chi connectivity index (χ0n) is 15.1. The first-order chi connectivity index (χ1) is 13.3. The topological polar surface area (TPSA) is 9.23 Å². The lowest BCUT2D eigenvalue weighted by molar-refractivity contribution is -0.137. The molecule has 0 radical (unpaired) electrons. The molecule has 0 heterocycles. The summed E-state index contributed by atoms with van der Waals surface area (Å²) >= 11 is 2.22. The SMILES string of the molecule is Cc1cccc(OCC=C(c2ccc(I)cc2)c2ccc(C(F)(F)F)cc2)c1. The number of benzene rings is 3. The van der Waals surface area contributed by atoms with E-state index in [0.717, 1.165) is 38.2 Å². The summed E-state index contributed by atoms with van der Waals surface area (Å²) in [6.07, 6.45) is -2.45. The molecule has 5 heteroatoms. The van der Waals surface area contributed by atoms with Gasteiger partial charge in [0.1, 0.15) is 12.4 Å². The summed E-state index contributed by atoms with van der Waals surface area (Å²) in [6, 6.07) is 20.8. The molecule has 0 saturated carbocycles. The van der Waals surface area contributed by atoms with Crippen molar-refractivity contribution in [2.45, 2.75) is 13.1 Å². The van der Waals surface area contributed by atoms with Gasteiger partial charge in [0.05, 0.1) is 5.56 Å². The van der Waals surface area contributed by atoms with Gasteiger partial charge in [0.25, 0.3) is 0 Å². The van der Waals surface area contributed by atoms with Gasteiger partial charge in [0.2, 0.25) is 0 Å². The minimum Gasteiger partial charge on any atom is -0.490 e. The molecule has 3 aromatic carbocycles. The Balaban J connectivity index is 1.89. The van der Waals surface area contributed by atoms with E-state index in [2.05, 4.69) is 22.6 Å². The molecule has 0 amide bonds. The van der Waals surface area contributed by atoms with Crippen molar-refractivity contribution in [1.82, 2.24) is 0 Å². The van der Waals surface area contributed by atoms with Crippen LogP contribution < -0.4 is 4.74 Å². The highest BCUT2D eigenvalue weighted by Gasteiger charge is 2.30. The zero-order valence-corrected chi connectivity index (χ0v) is 17.3. The number of hydrogen-bond acceptors (Lipinski definition) is 1. The lowest BCUT2D eigenvalue weighted by Gasteiger charge is -2.12. The van der Waals surface area contributed by atoms with Crippen LogP contribution in [0.5, 0.6) is 5.75 Å². The van der Waals surface area contributed by atoms with Gasteiger partial charge in [-0.2, -0.15) is 13.2 Å². The summed E-state index contributed by atoms with van der Waals surface area (Å²) in [5.41, 5.74) is 2.91. The van der Waals surface area contributed by atoms with Crippen molar-refractivity contribution in [1.29, 1.82) is 0 Å². The molecule has 0 saturated heterocycles. The van der Waals surface area contributed by atoms with E-state index in [9.17, 15) is 13.2 Å². The van der Waals surface area contributed by atoms with Gasteiger partial charge in [0, 0.05) is 3.57 Å². The summed E-state index contributed by atoms with van der Waals surface area (Å²) in [6.45, 7) is 2.30. The lowest BCUT2D eigenvalue weighted by Crippen LogP contribution is -2.04. The predicted octanol–water partition coefficient (Wildman–Crippen LogP) is 7.13. The molecule has 0 aromatic heterocycles. The molecular weight excluding hydrogens is 476 g/mol. The van der Waals surface area contributed by atoms with Crippen molar-refractivity contribution in [3.8, 4) is 5.75 Å². The highest BCUT2D eigenvalue weighted by Crippen LogP contribution is 2.31. The maximum absolute atomic E-state index is 12.9. The summed E-state index contributed by atoms with van der Waals surface area (Å²) in [4.78, 5) is 0. The third-order valence-corrected chi connectivity index (χ3v) is 4.92. The highest BCUT2D eigenvalue weighted by molar-refractivity contribution is 14.1. The van der Waals surface area contributed by atoms with Crippen molar-refractivity contribution < 1.29 is 17.9 Å². The second kappa shape index (κ2) is 8.82. The molecule has 0 N–H and O–H groups in total. The van der Waals surface area contributed by atoms with Crippen LogP contribution >= 0.6 is 22.6 Å². The van der Waals surface area contributed by atoms with E-state index in [1.807, 2.05) is 61.5 Å². The van der Waals surface area contributed by atoms with Gasteiger partial charge >= 0.3 is 6.18 Å². The molecule has 0 atom stereocenters. The summed E-state index contributed by atoms with van der Waals surface area (Å²) in [5, 5.41) is 0. The lowest BCUT2D eigenvalue weighted by atomic mass is 9.96. The minimum absolute atomic E-state index is 0.311. The van der Waals surface area contributed by atoms with Gasteiger partial charge < -0.3 is 4.74 Å². The monoisotopic (exact) mass is 494 g/mol. The number of ether oxygens (including phenoxy) is 1. The molecule has 3 rings (SSSR count). The molecule has 0 fully saturated rings. The van der Waals surface area contributed by atoms with Crippen LogP contribution in [0.2, 0.25) is 0 Å². The fourth-order valence-electron chi connectivity index (χ4n) is 2.80. The summed E-state index contributed by atoms with van der Waals surface area (Å²) < 4.78 is 45.5. The molecule has 0 aliphatic carbocycles.